The van der Waals surface area contributed by atoms with Crippen LogP contribution in [0.2, 0.25) is 0 Å². The van der Waals surface area contributed by atoms with Crippen LogP contribution in [0.15, 0.2) is 0 Å². The quantitative estimate of drug-likeness (QED) is 0.102. The predicted octanol–water partition coefficient (Wildman–Crippen LogP) is 2.15. The van der Waals surface area contributed by atoms with Gasteiger partial charge < -0.3 is 38.5 Å². The van der Waals surface area contributed by atoms with Crippen molar-refractivity contribution >= 4 is 39.1 Å². The average molecular weight is 593 g/mol. The number of carbonyl (C=O) groups is 4. The number of hydrogen-bond donors (Lipinski definition) is 4. The van der Waals surface area contributed by atoms with Gasteiger partial charge >= 0.3 is 39.1 Å². The van der Waals surface area contributed by atoms with E-state index in [2.05, 4.69) is 4.74 Å². The lowest BCUT2D eigenvalue weighted by Gasteiger charge is -2.16. The summed E-state index contributed by atoms with van der Waals surface area (Å²) in [5, 5.41) is 0. The minimum atomic E-state index is -4.34. The van der Waals surface area contributed by atoms with E-state index in [0.29, 0.717) is 19.4 Å². The number of carbonyl (C=O) groups excluding carboxylic acids is 4. The zero-order valence-corrected chi connectivity index (χ0v) is 24.2. The van der Waals surface area contributed by atoms with Crippen LogP contribution in [0.3, 0.4) is 0 Å². The molecular formula is C22H42O14P2. The summed E-state index contributed by atoms with van der Waals surface area (Å²) < 4.78 is 41.0. The standard InChI is InChI=1S/C12H23O7P.C10H19O7P/c1-3-7-18-11(13)6-5-10(9-20(15,16)17)12(14)19-8-4-2;1-3-16-9(11)6-5-8(7-18(13,14)15)10(12)17-4-2/h10H,3-9H2,1-2H3,(H2,15,16,17);8H,3-7H2,1-2H3,(H2,13,14,15). The Morgan fingerprint density at radius 1 is 0.605 bits per heavy atom. The molecule has 0 aliphatic carbocycles. The molecule has 38 heavy (non-hydrogen) atoms. The van der Waals surface area contributed by atoms with Gasteiger partial charge in [0, 0.05) is 12.8 Å². The first-order valence-corrected chi connectivity index (χ1v) is 15.9. The number of rotatable bonds is 18. The van der Waals surface area contributed by atoms with E-state index in [1.807, 2.05) is 13.8 Å². The van der Waals surface area contributed by atoms with Gasteiger partial charge in [-0.15, -0.1) is 0 Å². The second-order valence-electron chi connectivity index (χ2n) is 8.11. The normalized spacial score (nSPS) is 12.8. The van der Waals surface area contributed by atoms with Crippen molar-refractivity contribution in [3.8, 4) is 0 Å². The SMILES string of the molecule is CCCOC(=O)CCC(CP(=O)(O)O)C(=O)OCCC.CCOC(=O)CCC(CP(=O)(O)O)C(=O)OCC. The van der Waals surface area contributed by atoms with Gasteiger partial charge in [-0.1, -0.05) is 13.8 Å². The molecule has 2 unspecified atom stereocenters. The smallest absolute Gasteiger partial charge is 0.326 e. The third-order valence-electron chi connectivity index (χ3n) is 4.48. The summed E-state index contributed by atoms with van der Waals surface area (Å²) in [6.07, 6.45) is -0.0485. The van der Waals surface area contributed by atoms with Crippen molar-refractivity contribution in [2.75, 3.05) is 38.8 Å². The highest BCUT2D eigenvalue weighted by molar-refractivity contribution is 7.52. The molecule has 0 bridgehead atoms. The summed E-state index contributed by atoms with van der Waals surface area (Å²) in [4.78, 5) is 81.3. The fourth-order valence-corrected chi connectivity index (χ4v) is 4.64. The van der Waals surface area contributed by atoms with E-state index in [1.165, 1.54) is 0 Å². The van der Waals surface area contributed by atoms with E-state index >= 15 is 0 Å². The Morgan fingerprint density at radius 2 is 0.974 bits per heavy atom. The van der Waals surface area contributed by atoms with Gasteiger partial charge in [-0.05, 0) is 39.5 Å². The lowest BCUT2D eigenvalue weighted by Crippen LogP contribution is -2.23. The van der Waals surface area contributed by atoms with Crippen molar-refractivity contribution in [2.45, 2.75) is 66.2 Å². The molecule has 0 rings (SSSR count). The van der Waals surface area contributed by atoms with Crippen molar-refractivity contribution in [3.05, 3.63) is 0 Å². The fourth-order valence-electron chi connectivity index (χ4n) is 2.83. The first kappa shape index (κ1) is 38.3. The van der Waals surface area contributed by atoms with E-state index in [1.54, 1.807) is 13.8 Å². The van der Waals surface area contributed by atoms with Gasteiger partial charge in [0.05, 0.1) is 50.6 Å². The Bertz CT molecular complexity index is 804. The number of esters is 4. The molecule has 0 aromatic rings. The van der Waals surface area contributed by atoms with Gasteiger partial charge in [-0.3, -0.25) is 28.3 Å². The molecule has 2 atom stereocenters. The van der Waals surface area contributed by atoms with Crippen molar-refractivity contribution in [1.29, 1.82) is 0 Å². The van der Waals surface area contributed by atoms with Gasteiger partial charge in [0.15, 0.2) is 0 Å². The minimum absolute atomic E-state index is 0.00275. The maximum absolute atomic E-state index is 11.7. The zero-order valence-electron chi connectivity index (χ0n) is 22.4. The van der Waals surface area contributed by atoms with Crippen molar-refractivity contribution < 1.29 is 66.8 Å². The van der Waals surface area contributed by atoms with E-state index in [0.717, 1.165) is 0 Å². The van der Waals surface area contributed by atoms with Crippen LogP contribution in [-0.2, 0) is 47.3 Å². The summed E-state index contributed by atoms with van der Waals surface area (Å²) >= 11 is 0. The molecule has 14 nitrogen and oxygen atoms in total. The number of hydrogen-bond acceptors (Lipinski definition) is 10. The summed E-state index contributed by atoms with van der Waals surface area (Å²) in [5.74, 6) is -4.35. The molecular weight excluding hydrogens is 550 g/mol. The van der Waals surface area contributed by atoms with Gasteiger partial charge in [-0.25, -0.2) is 0 Å². The van der Waals surface area contributed by atoms with E-state index in [9.17, 15) is 28.3 Å². The van der Waals surface area contributed by atoms with Crippen LogP contribution in [0.1, 0.15) is 66.2 Å². The number of ether oxygens (including phenoxy) is 4. The molecule has 16 heteroatoms. The average Bonchev–Trinajstić information content (AvgIpc) is 2.80. The second kappa shape index (κ2) is 21.1. The highest BCUT2D eigenvalue weighted by Gasteiger charge is 2.30. The Hall–Kier alpha value is -1.82. The Balaban J connectivity index is 0. The molecule has 0 aromatic heterocycles. The van der Waals surface area contributed by atoms with Crippen LogP contribution < -0.4 is 0 Å². The Morgan fingerprint density at radius 3 is 1.34 bits per heavy atom. The maximum Gasteiger partial charge on any atom is 0.326 e. The molecule has 0 amide bonds. The van der Waals surface area contributed by atoms with Crippen molar-refractivity contribution in [1.82, 2.24) is 0 Å². The molecule has 0 radical (unpaired) electrons. The van der Waals surface area contributed by atoms with E-state index in [4.69, 9.17) is 33.8 Å². The van der Waals surface area contributed by atoms with Gasteiger partial charge in [0.1, 0.15) is 0 Å². The van der Waals surface area contributed by atoms with Crippen LogP contribution >= 0.6 is 15.2 Å². The first-order valence-electron chi connectivity index (χ1n) is 12.3. The molecule has 0 fully saturated rings. The molecule has 0 spiro atoms. The molecule has 0 saturated carbocycles. The van der Waals surface area contributed by atoms with E-state index < -0.39 is 63.2 Å². The highest BCUT2D eigenvalue weighted by Crippen LogP contribution is 2.39. The molecule has 4 N–H and O–H groups in total. The summed E-state index contributed by atoms with van der Waals surface area (Å²) in [7, 11) is -8.67. The summed E-state index contributed by atoms with van der Waals surface area (Å²) in [6.45, 7) is 7.74. The third-order valence-corrected chi connectivity index (χ3v) is 6.32. The lowest BCUT2D eigenvalue weighted by atomic mass is 10.1. The molecule has 0 aliphatic rings. The molecule has 0 aliphatic heterocycles. The van der Waals surface area contributed by atoms with Crippen molar-refractivity contribution in [2.24, 2.45) is 11.8 Å². The van der Waals surface area contributed by atoms with Crippen LogP contribution in [0, 0.1) is 11.8 Å². The first-order chi connectivity index (χ1) is 17.6. The van der Waals surface area contributed by atoms with Crippen LogP contribution in [0.25, 0.3) is 0 Å². The predicted molar refractivity (Wildman–Crippen MR) is 135 cm³/mol. The summed E-state index contributed by atoms with van der Waals surface area (Å²) in [6, 6.07) is 0. The summed E-state index contributed by atoms with van der Waals surface area (Å²) in [5.41, 5.74) is 0. The topological polar surface area (TPSA) is 220 Å². The fraction of sp³-hybridized carbons (Fsp3) is 0.818. The zero-order chi connectivity index (χ0) is 29.8. The third kappa shape index (κ3) is 23.3. The van der Waals surface area contributed by atoms with Crippen LogP contribution in [-0.4, -0.2) is 82.2 Å². The minimum Gasteiger partial charge on any atom is -0.466 e. The van der Waals surface area contributed by atoms with Gasteiger partial charge in [-0.2, -0.15) is 0 Å². The largest absolute Gasteiger partial charge is 0.466 e. The van der Waals surface area contributed by atoms with Crippen LogP contribution in [0.4, 0.5) is 0 Å². The maximum atomic E-state index is 11.7. The lowest BCUT2D eigenvalue weighted by molar-refractivity contribution is -0.150. The molecule has 224 valence electrons. The molecule has 0 aromatic carbocycles. The van der Waals surface area contributed by atoms with Crippen LogP contribution in [0.5, 0.6) is 0 Å². The van der Waals surface area contributed by atoms with E-state index in [-0.39, 0.29) is 45.5 Å². The molecule has 0 saturated heterocycles. The highest BCUT2D eigenvalue weighted by atomic mass is 31.2. The van der Waals surface area contributed by atoms with Crippen molar-refractivity contribution in [3.63, 3.8) is 0 Å². The molecule has 0 heterocycles. The van der Waals surface area contributed by atoms with Gasteiger partial charge in [0.2, 0.25) is 0 Å². The monoisotopic (exact) mass is 592 g/mol. The van der Waals surface area contributed by atoms with Gasteiger partial charge in [0.25, 0.3) is 0 Å². The second-order valence-corrected chi connectivity index (χ2v) is 11.5. The Kier molecular flexibility index (Phi) is 21.2. The Labute approximate surface area is 223 Å².